The van der Waals surface area contributed by atoms with Crippen LogP contribution in [0.25, 0.3) is 0 Å². The second kappa shape index (κ2) is 13.4. The van der Waals surface area contributed by atoms with Gasteiger partial charge >= 0.3 is 8.60 Å². The summed E-state index contributed by atoms with van der Waals surface area (Å²) >= 11 is 1.82. The molecule has 218 valence electrons. The average molecular weight is 573 g/mol. The average Bonchev–Trinajstić information content (AvgIpc) is 2.80. The molecular formula is C34H53O3PS. The molecule has 2 aromatic carbocycles. The van der Waals surface area contributed by atoms with E-state index in [0.29, 0.717) is 0 Å². The van der Waals surface area contributed by atoms with Crippen molar-refractivity contribution in [1.29, 1.82) is 0 Å². The van der Waals surface area contributed by atoms with E-state index in [1.54, 1.807) is 0 Å². The molecule has 0 saturated carbocycles. The summed E-state index contributed by atoms with van der Waals surface area (Å²) in [6, 6.07) is 9.12. The number of hydrogen-bond acceptors (Lipinski definition) is 4. The lowest BCUT2D eigenvalue weighted by molar-refractivity contribution is 0.0694. The fourth-order valence-corrected chi connectivity index (χ4v) is 8.17. The van der Waals surface area contributed by atoms with Crippen LogP contribution in [0, 0.1) is 13.8 Å². The van der Waals surface area contributed by atoms with Crippen molar-refractivity contribution < 1.29 is 14.3 Å². The molecule has 0 amide bonds. The summed E-state index contributed by atoms with van der Waals surface area (Å²) in [4.78, 5) is 23.5. The molecule has 3 nitrogen and oxygen atoms in total. The minimum absolute atomic E-state index is 0.123. The topological polar surface area (TPSA) is 49.7 Å². The van der Waals surface area contributed by atoms with Gasteiger partial charge in [0.05, 0.1) is 0 Å². The van der Waals surface area contributed by atoms with E-state index in [4.69, 9.17) is 4.52 Å². The SMILES string of the molecule is CCCCCCCCCCCC1(OP(O)O)c2c(cc(C)cc2C(C)(C)C)Sc2cc(C)cc(C(C)(C)C)c21. The molecule has 0 saturated heterocycles. The van der Waals surface area contributed by atoms with E-state index in [1.165, 1.54) is 77.0 Å². The Labute approximate surface area is 244 Å². The monoisotopic (exact) mass is 572 g/mol. The molecular weight excluding hydrogens is 519 g/mol. The van der Waals surface area contributed by atoms with Gasteiger partial charge in [0, 0.05) is 20.9 Å². The second-order valence-corrected chi connectivity index (χ2v) is 15.5. The number of unbranched alkanes of at least 4 members (excludes halogenated alkanes) is 8. The van der Waals surface area contributed by atoms with Gasteiger partial charge in [-0.3, -0.25) is 4.52 Å². The molecule has 2 aromatic rings. The van der Waals surface area contributed by atoms with Gasteiger partial charge in [-0.15, -0.1) is 0 Å². The van der Waals surface area contributed by atoms with Crippen molar-refractivity contribution in [2.45, 2.75) is 153 Å². The normalized spacial score (nSPS) is 15.0. The van der Waals surface area contributed by atoms with Crippen LogP contribution in [0.4, 0.5) is 0 Å². The molecule has 2 N–H and O–H groups in total. The predicted molar refractivity (Wildman–Crippen MR) is 169 cm³/mol. The zero-order valence-corrected chi connectivity index (χ0v) is 27.7. The van der Waals surface area contributed by atoms with Crippen LogP contribution in [0.15, 0.2) is 34.1 Å². The smallest absolute Gasteiger partial charge is 0.328 e. The first-order valence-electron chi connectivity index (χ1n) is 15.1. The highest BCUT2D eigenvalue weighted by Crippen LogP contribution is 2.60. The Morgan fingerprint density at radius 1 is 0.692 bits per heavy atom. The summed E-state index contributed by atoms with van der Waals surface area (Å²) in [5.74, 6) is 0. The molecule has 0 fully saturated rings. The van der Waals surface area contributed by atoms with Crippen LogP contribution in [0.1, 0.15) is 146 Å². The van der Waals surface area contributed by atoms with Crippen LogP contribution in [0.2, 0.25) is 0 Å². The number of rotatable bonds is 12. The molecule has 0 atom stereocenters. The first kappa shape index (κ1) is 32.6. The molecule has 0 aromatic heterocycles. The van der Waals surface area contributed by atoms with Gasteiger partial charge in [0.1, 0.15) is 5.60 Å². The second-order valence-electron chi connectivity index (χ2n) is 13.7. The minimum Gasteiger partial charge on any atom is -0.328 e. The minimum atomic E-state index is -2.58. The van der Waals surface area contributed by atoms with Crippen LogP contribution in [0.5, 0.6) is 0 Å². The summed E-state index contributed by atoms with van der Waals surface area (Å²) < 4.78 is 6.52. The standard InChI is InChI=1S/C34H53O3PS/c1-10-11-12-13-14-15-16-17-18-19-34(37-38(35)36)30-26(32(4,5)6)20-24(2)22-28(30)39-29-23-25(3)21-27(31(29)34)33(7,8)9/h20-23,35-36H,10-19H2,1-9H3. The van der Waals surface area contributed by atoms with Crippen molar-refractivity contribution in [2.75, 3.05) is 0 Å². The van der Waals surface area contributed by atoms with Crippen molar-refractivity contribution in [2.24, 2.45) is 0 Å². The van der Waals surface area contributed by atoms with E-state index in [-0.39, 0.29) is 10.8 Å². The van der Waals surface area contributed by atoms with Gasteiger partial charge in [0.2, 0.25) is 0 Å². The van der Waals surface area contributed by atoms with E-state index >= 15 is 0 Å². The summed E-state index contributed by atoms with van der Waals surface area (Å²) in [5, 5.41) is 0. The highest BCUT2D eigenvalue weighted by molar-refractivity contribution is 7.99. The number of benzene rings is 2. The number of hydrogen-bond donors (Lipinski definition) is 2. The van der Waals surface area contributed by atoms with Crippen LogP contribution in [-0.4, -0.2) is 9.79 Å². The van der Waals surface area contributed by atoms with Crippen molar-refractivity contribution >= 4 is 20.4 Å². The molecule has 0 bridgehead atoms. The highest BCUT2D eigenvalue weighted by atomic mass is 32.2. The lowest BCUT2D eigenvalue weighted by atomic mass is 9.69. The third-order valence-electron chi connectivity index (χ3n) is 8.01. The third-order valence-corrected chi connectivity index (χ3v) is 9.57. The lowest BCUT2D eigenvalue weighted by Gasteiger charge is -2.46. The van der Waals surface area contributed by atoms with Gasteiger partial charge in [-0.1, -0.05) is 124 Å². The lowest BCUT2D eigenvalue weighted by Crippen LogP contribution is -2.39. The molecule has 3 rings (SSSR count). The summed E-state index contributed by atoms with van der Waals surface area (Å²) in [6.07, 6.45) is 11.9. The Morgan fingerprint density at radius 2 is 1.10 bits per heavy atom. The van der Waals surface area contributed by atoms with Gasteiger partial charge in [-0.2, -0.15) is 0 Å². The maximum atomic E-state index is 10.6. The Morgan fingerprint density at radius 3 is 1.49 bits per heavy atom. The van der Waals surface area contributed by atoms with Crippen molar-refractivity contribution in [1.82, 2.24) is 0 Å². The van der Waals surface area contributed by atoms with E-state index in [2.05, 4.69) is 86.6 Å². The fourth-order valence-electron chi connectivity index (χ4n) is 6.14. The van der Waals surface area contributed by atoms with Crippen LogP contribution < -0.4 is 0 Å². The predicted octanol–water partition coefficient (Wildman–Crippen LogP) is 10.8. The maximum absolute atomic E-state index is 10.6. The van der Waals surface area contributed by atoms with E-state index < -0.39 is 14.2 Å². The number of fused-ring (bicyclic) bond motifs is 2. The zero-order chi connectivity index (χ0) is 29.0. The van der Waals surface area contributed by atoms with Crippen molar-refractivity contribution in [3.05, 3.63) is 57.6 Å². The maximum Gasteiger partial charge on any atom is 0.328 e. The van der Waals surface area contributed by atoms with Gasteiger partial charge < -0.3 is 9.79 Å². The first-order chi connectivity index (χ1) is 18.2. The van der Waals surface area contributed by atoms with E-state index in [1.807, 2.05) is 11.8 Å². The van der Waals surface area contributed by atoms with E-state index in [9.17, 15) is 9.79 Å². The first-order valence-corrected chi connectivity index (χ1v) is 17.0. The summed E-state index contributed by atoms with van der Waals surface area (Å²) in [6.45, 7) is 20.1. The Balaban J connectivity index is 2.14. The molecule has 5 heteroatoms. The van der Waals surface area contributed by atoms with E-state index in [0.717, 1.165) is 30.4 Å². The van der Waals surface area contributed by atoms with Gasteiger partial charge in [-0.25, -0.2) is 0 Å². The Bertz CT molecular complexity index is 1040. The molecule has 1 heterocycles. The van der Waals surface area contributed by atoms with Gasteiger partial charge in [-0.05, 0) is 71.9 Å². The van der Waals surface area contributed by atoms with Crippen molar-refractivity contribution in [3.8, 4) is 0 Å². The van der Waals surface area contributed by atoms with Crippen LogP contribution >= 0.6 is 20.4 Å². The molecule has 0 unspecified atom stereocenters. The fraction of sp³-hybridized carbons (Fsp3) is 0.647. The largest absolute Gasteiger partial charge is 0.328 e. The molecule has 1 aliphatic heterocycles. The third kappa shape index (κ3) is 7.89. The molecule has 1 aliphatic rings. The molecule has 0 spiro atoms. The quantitative estimate of drug-likeness (QED) is 0.196. The molecule has 0 radical (unpaired) electrons. The molecule has 0 aliphatic carbocycles. The van der Waals surface area contributed by atoms with Gasteiger partial charge in [0.15, 0.2) is 0 Å². The van der Waals surface area contributed by atoms with Crippen LogP contribution in [0.3, 0.4) is 0 Å². The zero-order valence-electron chi connectivity index (χ0n) is 26.0. The Kier molecular flexibility index (Phi) is 11.2. The van der Waals surface area contributed by atoms with Gasteiger partial charge in [0.25, 0.3) is 0 Å². The summed E-state index contributed by atoms with van der Waals surface area (Å²) in [7, 11) is -2.58. The van der Waals surface area contributed by atoms with Crippen LogP contribution in [-0.2, 0) is 21.0 Å². The molecule has 39 heavy (non-hydrogen) atoms. The summed E-state index contributed by atoms with van der Waals surface area (Å²) in [5.41, 5.74) is 6.07. The Hall–Kier alpha value is -0.900. The number of aryl methyl sites for hydroxylation is 2. The van der Waals surface area contributed by atoms with Crippen molar-refractivity contribution in [3.63, 3.8) is 0 Å². The highest BCUT2D eigenvalue weighted by Gasteiger charge is 2.49.